The van der Waals surface area contributed by atoms with Gasteiger partial charge in [-0.25, -0.2) is 4.79 Å². The maximum atomic E-state index is 10.6. The zero-order chi connectivity index (χ0) is 18.9. The quantitative estimate of drug-likeness (QED) is 0.526. The molecule has 0 bridgehead atoms. The number of benzene rings is 2. The summed E-state index contributed by atoms with van der Waals surface area (Å²) in [5.41, 5.74) is 0.590. The molecule has 0 aromatic heterocycles. The van der Waals surface area contributed by atoms with E-state index < -0.39 is 5.97 Å². The first-order chi connectivity index (χ1) is 12.5. The normalized spacial score (nSPS) is 10.6. The summed E-state index contributed by atoms with van der Waals surface area (Å²) in [5, 5.41) is 9.01. The van der Waals surface area contributed by atoms with E-state index in [0.717, 1.165) is 6.08 Å². The maximum absolute atomic E-state index is 10.6. The van der Waals surface area contributed by atoms with E-state index in [1.165, 1.54) is 13.2 Å². The fourth-order valence-corrected chi connectivity index (χ4v) is 2.45. The Kier molecular flexibility index (Phi) is 7.17. The highest BCUT2D eigenvalue weighted by Gasteiger charge is 2.12. The van der Waals surface area contributed by atoms with E-state index in [1.807, 2.05) is 12.1 Å². The van der Waals surface area contributed by atoms with Gasteiger partial charge in [-0.15, -0.1) is 0 Å². The molecule has 0 atom stereocenters. The lowest BCUT2D eigenvalue weighted by Gasteiger charge is -2.14. The number of aliphatic carboxylic acids is 1. The predicted octanol–water partition coefficient (Wildman–Crippen LogP) is 3.91. The van der Waals surface area contributed by atoms with Crippen molar-refractivity contribution in [3.63, 3.8) is 0 Å². The van der Waals surface area contributed by atoms with E-state index in [4.69, 9.17) is 35.7 Å². The highest BCUT2D eigenvalue weighted by molar-refractivity contribution is 6.32. The predicted molar refractivity (Wildman–Crippen MR) is 98.7 cm³/mol. The minimum absolute atomic E-state index is 0.235. The van der Waals surface area contributed by atoms with Crippen LogP contribution in [0.5, 0.6) is 23.0 Å². The number of methoxy groups -OCH3 is 2. The Bertz CT molecular complexity index is 788. The molecule has 2 aromatic rings. The Morgan fingerprint density at radius 2 is 1.69 bits per heavy atom. The molecule has 0 fully saturated rings. The van der Waals surface area contributed by atoms with Crippen molar-refractivity contribution in [2.45, 2.75) is 0 Å². The lowest BCUT2D eigenvalue weighted by atomic mass is 10.2. The lowest BCUT2D eigenvalue weighted by molar-refractivity contribution is -0.131. The minimum atomic E-state index is -1.05. The molecule has 0 aliphatic rings. The fourth-order valence-electron chi connectivity index (χ4n) is 2.18. The van der Waals surface area contributed by atoms with Crippen LogP contribution in [0.4, 0.5) is 0 Å². The van der Waals surface area contributed by atoms with Crippen LogP contribution in [0.1, 0.15) is 5.56 Å². The zero-order valence-corrected chi connectivity index (χ0v) is 15.2. The van der Waals surface area contributed by atoms with Crippen LogP contribution in [-0.2, 0) is 4.79 Å². The molecule has 0 amide bonds. The molecule has 2 rings (SSSR count). The number of para-hydroxylation sites is 2. The van der Waals surface area contributed by atoms with Gasteiger partial charge in [0.2, 0.25) is 0 Å². The molecule has 0 aliphatic carbocycles. The summed E-state index contributed by atoms with van der Waals surface area (Å²) < 4.78 is 21.8. The van der Waals surface area contributed by atoms with Crippen molar-refractivity contribution in [3.8, 4) is 23.0 Å². The summed E-state index contributed by atoms with van der Waals surface area (Å²) in [6, 6.07) is 10.5. The molecule has 0 heterocycles. The minimum Gasteiger partial charge on any atom is -0.493 e. The summed E-state index contributed by atoms with van der Waals surface area (Å²) in [6.07, 6.45) is 2.44. The molecule has 26 heavy (non-hydrogen) atoms. The van der Waals surface area contributed by atoms with Gasteiger partial charge in [0.1, 0.15) is 13.2 Å². The van der Waals surface area contributed by atoms with Crippen molar-refractivity contribution in [2.24, 2.45) is 0 Å². The number of carboxylic acid groups (broad SMARTS) is 1. The van der Waals surface area contributed by atoms with Crippen molar-refractivity contribution >= 4 is 23.6 Å². The smallest absolute Gasteiger partial charge is 0.328 e. The van der Waals surface area contributed by atoms with Crippen molar-refractivity contribution in [2.75, 3.05) is 27.4 Å². The second kappa shape index (κ2) is 9.58. The molecule has 0 unspecified atom stereocenters. The van der Waals surface area contributed by atoms with Crippen LogP contribution in [0.25, 0.3) is 6.08 Å². The van der Waals surface area contributed by atoms with Crippen LogP contribution in [0.2, 0.25) is 5.02 Å². The molecule has 0 saturated carbocycles. The van der Waals surface area contributed by atoms with Crippen LogP contribution in [0.3, 0.4) is 0 Å². The maximum Gasteiger partial charge on any atom is 0.328 e. The fraction of sp³-hybridized carbons (Fsp3) is 0.211. The first-order valence-electron chi connectivity index (χ1n) is 7.72. The van der Waals surface area contributed by atoms with E-state index in [1.54, 1.807) is 31.4 Å². The van der Waals surface area contributed by atoms with Crippen LogP contribution in [0.15, 0.2) is 42.5 Å². The second-order valence-corrected chi connectivity index (χ2v) is 5.46. The average Bonchev–Trinajstić information content (AvgIpc) is 2.64. The second-order valence-electron chi connectivity index (χ2n) is 5.05. The summed E-state index contributed by atoms with van der Waals surface area (Å²) >= 11 is 6.23. The number of ether oxygens (including phenoxy) is 4. The highest BCUT2D eigenvalue weighted by Crippen LogP contribution is 2.36. The Morgan fingerprint density at radius 1 is 1.04 bits per heavy atom. The molecule has 0 saturated heterocycles. The van der Waals surface area contributed by atoms with Crippen LogP contribution in [-0.4, -0.2) is 38.5 Å². The SMILES string of the molecule is COc1ccccc1OCCOc1c(Cl)cc(C=CC(=O)O)cc1OC. The first kappa shape index (κ1) is 19.5. The Hall–Kier alpha value is -2.86. The summed E-state index contributed by atoms with van der Waals surface area (Å²) in [6.45, 7) is 0.513. The molecule has 7 heteroatoms. The van der Waals surface area contributed by atoms with E-state index >= 15 is 0 Å². The largest absolute Gasteiger partial charge is 0.493 e. The number of rotatable bonds is 9. The van der Waals surface area contributed by atoms with E-state index in [-0.39, 0.29) is 13.2 Å². The number of hydrogen-bond acceptors (Lipinski definition) is 5. The van der Waals surface area contributed by atoms with Gasteiger partial charge in [-0.3, -0.25) is 0 Å². The molecule has 6 nitrogen and oxygen atoms in total. The van der Waals surface area contributed by atoms with Crippen molar-refractivity contribution in [1.82, 2.24) is 0 Å². The zero-order valence-electron chi connectivity index (χ0n) is 14.4. The van der Waals surface area contributed by atoms with Crippen LogP contribution >= 0.6 is 11.6 Å². The molecule has 2 aromatic carbocycles. The topological polar surface area (TPSA) is 74.2 Å². The number of hydrogen-bond donors (Lipinski definition) is 1. The van der Waals surface area contributed by atoms with E-state index in [0.29, 0.717) is 33.6 Å². The summed E-state index contributed by atoms with van der Waals surface area (Å²) in [7, 11) is 3.05. The van der Waals surface area contributed by atoms with Gasteiger partial charge in [0.25, 0.3) is 0 Å². The third kappa shape index (κ3) is 5.32. The Labute approximate surface area is 156 Å². The lowest BCUT2D eigenvalue weighted by Crippen LogP contribution is -2.10. The van der Waals surface area contributed by atoms with Crippen molar-refractivity contribution < 1.29 is 28.8 Å². The monoisotopic (exact) mass is 378 g/mol. The third-order valence-electron chi connectivity index (χ3n) is 3.33. The van der Waals surface area contributed by atoms with Gasteiger partial charge in [0.05, 0.1) is 19.2 Å². The van der Waals surface area contributed by atoms with Crippen molar-refractivity contribution in [3.05, 3.63) is 53.1 Å². The average molecular weight is 379 g/mol. The Balaban J connectivity index is 2.01. The molecule has 1 N–H and O–H groups in total. The third-order valence-corrected chi connectivity index (χ3v) is 3.61. The van der Waals surface area contributed by atoms with Gasteiger partial charge in [-0.1, -0.05) is 23.7 Å². The van der Waals surface area contributed by atoms with Gasteiger partial charge in [-0.2, -0.15) is 0 Å². The molecule has 0 spiro atoms. The molecule has 0 radical (unpaired) electrons. The first-order valence-corrected chi connectivity index (χ1v) is 8.10. The molecule has 138 valence electrons. The van der Waals surface area contributed by atoms with Crippen LogP contribution in [0, 0.1) is 0 Å². The van der Waals surface area contributed by atoms with E-state index in [2.05, 4.69) is 0 Å². The molecular formula is C19H19ClO6. The summed E-state index contributed by atoms with van der Waals surface area (Å²) in [4.78, 5) is 10.6. The molecule has 0 aliphatic heterocycles. The van der Waals surface area contributed by atoms with E-state index in [9.17, 15) is 4.79 Å². The van der Waals surface area contributed by atoms with Crippen LogP contribution < -0.4 is 18.9 Å². The van der Waals surface area contributed by atoms with Gasteiger partial charge in [0, 0.05) is 6.08 Å². The van der Waals surface area contributed by atoms with Gasteiger partial charge >= 0.3 is 5.97 Å². The number of carboxylic acids is 1. The number of halogens is 1. The molecular weight excluding hydrogens is 360 g/mol. The standard InChI is InChI=1S/C19H19ClO6/c1-23-15-5-3-4-6-16(15)25-9-10-26-19-14(20)11-13(7-8-18(21)22)12-17(19)24-2/h3-8,11-12H,9-10H2,1-2H3,(H,21,22). The van der Waals surface area contributed by atoms with Gasteiger partial charge in [0.15, 0.2) is 23.0 Å². The van der Waals surface area contributed by atoms with Gasteiger partial charge in [-0.05, 0) is 35.9 Å². The summed E-state index contributed by atoms with van der Waals surface area (Å²) in [5.74, 6) is 0.975. The number of carbonyl (C=O) groups is 1. The Morgan fingerprint density at radius 3 is 2.35 bits per heavy atom. The van der Waals surface area contributed by atoms with Gasteiger partial charge < -0.3 is 24.1 Å². The van der Waals surface area contributed by atoms with Crippen molar-refractivity contribution in [1.29, 1.82) is 0 Å². The highest BCUT2D eigenvalue weighted by atomic mass is 35.5.